The number of nitrogens with two attached hydrogens (primary N) is 1. The van der Waals surface area contributed by atoms with E-state index in [1.54, 1.807) is 0 Å². The fourth-order valence-electron chi connectivity index (χ4n) is 2.37. The third-order valence-electron chi connectivity index (χ3n) is 3.74. The van der Waals surface area contributed by atoms with Crippen LogP contribution in [0.3, 0.4) is 0 Å². The van der Waals surface area contributed by atoms with E-state index in [9.17, 15) is 4.79 Å². The molecule has 0 spiro atoms. The summed E-state index contributed by atoms with van der Waals surface area (Å²) in [6.07, 6.45) is -0.172. The van der Waals surface area contributed by atoms with Crippen LogP contribution in [0.4, 0.5) is 0 Å². The van der Waals surface area contributed by atoms with E-state index in [-0.39, 0.29) is 24.0 Å². The average Bonchev–Trinajstić information content (AvgIpc) is 2.47. The predicted octanol–water partition coefficient (Wildman–Crippen LogP) is 2.22. The summed E-state index contributed by atoms with van der Waals surface area (Å²) < 4.78 is 5.84. The van der Waals surface area contributed by atoms with Gasteiger partial charge < -0.3 is 15.4 Å². The maximum atomic E-state index is 12.4. The second-order valence-electron chi connectivity index (χ2n) is 5.32. The molecule has 2 N–H and O–H groups in total. The van der Waals surface area contributed by atoms with Gasteiger partial charge in [0, 0.05) is 23.0 Å². The van der Waals surface area contributed by atoms with Crippen LogP contribution in [0, 0.1) is 5.92 Å². The molecule has 1 fully saturated rings. The Morgan fingerprint density at radius 2 is 2.25 bits per heavy atom. The van der Waals surface area contributed by atoms with E-state index >= 15 is 0 Å². The first-order valence-electron chi connectivity index (χ1n) is 6.91. The summed E-state index contributed by atoms with van der Waals surface area (Å²) in [6.45, 7) is 5.24. The zero-order chi connectivity index (χ0) is 14.7. The fraction of sp³-hybridized carbons (Fsp3) is 0.533. The Morgan fingerprint density at radius 1 is 1.55 bits per heavy atom. The van der Waals surface area contributed by atoms with Crippen LogP contribution in [0.5, 0.6) is 0 Å². The van der Waals surface area contributed by atoms with Crippen LogP contribution in [0.1, 0.15) is 25.5 Å². The summed E-state index contributed by atoms with van der Waals surface area (Å²) in [4.78, 5) is 14.2. The maximum Gasteiger partial charge on any atom is 0.227 e. The number of amides is 1. The van der Waals surface area contributed by atoms with E-state index in [0.717, 1.165) is 5.56 Å². The van der Waals surface area contributed by atoms with Gasteiger partial charge in [-0.25, -0.2) is 0 Å². The molecule has 0 aromatic heterocycles. The van der Waals surface area contributed by atoms with Crippen LogP contribution in [0.2, 0.25) is 5.02 Å². The fourth-order valence-corrected chi connectivity index (χ4v) is 2.63. The summed E-state index contributed by atoms with van der Waals surface area (Å²) in [5.41, 5.74) is 6.52. The van der Waals surface area contributed by atoms with Gasteiger partial charge in [-0.2, -0.15) is 0 Å². The van der Waals surface area contributed by atoms with Crippen molar-refractivity contribution >= 4 is 17.5 Å². The van der Waals surface area contributed by atoms with E-state index in [2.05, 4.69) is 0 Å². The van der Waals surface area contributed by atoms with Crippen molar-refractivity contribution in [1.29, 1.82) is 0 Å². The molecule has 5 heteroatoms. The van der Waals surface area contributed by atoms with Crippen LogP contribution in [0.15, 0.2) is 24.3 Å². The number of benzene rings is 1. The molecule has 1 aliphatic heterocycles. The lowest BCUT2D eigenvalue weighted by atomic mass is 10.0. The molecule has 0 aliphatic carbocycles. The topological polar surface area (TPSA) is 55.6 Å². The van der Waals surface area contributed by atoms with Crippen LogP contribution in [0.25, 0.3) is 0 Å². The number of morpholine rings is 1. The molecular weight excluding hydrogens is 276 g/mol. The Bertz CT molecular complexity index is 481. The molecule has 2 rings (SSSR count). The van der Waals surface area contributed by atoms with Crippen molar-refractivity contribution in [2.45, 2.75) is 26.0 Å². The van der Waals surface area contributed by atoms with Crippen LogP contribution < -0.4 is 5.73 Å². The molecule has 0 radical (unpaired) electrons. The molecule has 1 aromatic carbocycles. The molecule has 20 heavy (non-hydrogen) atoms. The minimum atomic E-state index is -0.172. The van der Waals surface area contributed by atoms with E-state index in [0.29, 0.717) is 24.7 Å². The summed E-state index contributed by atoms with van der Waals surface area (Å²) in [5.74, 6) is -0.0807. The smallest absolute Gasteiger partial charge is 0.227 e. The average molecular weight is 297 g/mol. The van der Waals surface area contributed by atoms with E-state index in [4.69, 9.17) is 22.1 Å². The van der Waals surface area contributed by atoms with Crippen LogP contribution in [-0.4, -0.2) is 36.5 Å². The molecule has 3 atom stereocenters. The van der Waals surface area contributed by atoms with Gasteiger partial charge in [0.05, 0.1) is 19.2 Å². The number of hydrogen-bond donors (Lipinski definition) is 1. The third kappa shape index (κ3) is 3.14. The van der Waals surface area contributed by atoms with Gasteiger partial charge in [0.25, 0.3) is 0 Å². The zero-order valence-electron chi connectivity index (χ0n) is 11.9. The predicted molar refractivity (Wildman–Crippen MR) is 79.5 cm³/mol. The van der Waals surface area contributed by atoms with E-state index in [1.165, 1.54) is 0 Å². The van der Waals surface area contributed by atoms with Crippen molar-refractivity contribution in [1.82, 2.24) is 4.90 Å². The molecule has 3 unspecified atom stereocenters. The quantitative estimate of drug-likeness (QED) is 0.930. The molecule has 1 amide bonds. The van der Waals surface area contributed by atoms with Gasteiger partial charge in [0.15, 0.2) is 0 Å². The summed E-state index contributed by atoms with van der Waals surface area (Å²) in [7, 11) is 0. The van der Waals surface area contributed by atoms with Crippen LogP contribution >= 0.6 is 11.6 Å². The highest BCUT2D eigenvalue weighted by molar-refractivity contribution is 6.31. The van der Waals surface area contributed by atoms with Gasteiger partial charge in [0.2, 0.25) is 5.91 Å². The first kappa shape index (κ1) is 15.3. The lowest BCUT2D eigenvalue weighted by molar-refractivity contribution is -0.148. The first-order chi connectivity index (χ1) is 9.54. The van der Waals surface area contributed by atoms with Crippen molar-refractivity contribution < 1.29 is 9.53 Å². The number of carbonyl (C=O) groups excluding carboxylic acids is 1. The highest BCUT2D eigenvalue weighted by Gasteiger charge is 2.32. The highest BCUT2D eigenvalue weighted by Crippen LogP contribution is 2.30. The second-order valence-corrected chi connectivity index (χ2v) is 5.73. The summed E-state index contributed by atoms with van der Waals surface area (Å²) in [5, 5.41) is 0.673. The molecule has 0 bridgehead atoms. The lowest BCUT2D eigenvalue weighted by Gasteiger charge is -2.39. The number of halogens is 1. The van der Waals surface area contributed by atoms with Gasteiger partial charge in [-0.3, -0.25) is 4.79 Å². The van der Waals surface area contributed by atoms with Crippen LogP contribution in [-0.2, 0) is 9.53 Å². The Kier molecular flexibility index (Phi) is 5.02. The number of nitrogens with zero attached hydrogens (tertiary/aromatic N) is 1. The van der Waals surface area contributed by atoms with Crippen molar-refractivity contribution in [3.8, 4) is 0 Å². The molecule has 1 aromatic rings. The lowest BCUT2D eigenvalue weighted by Crippen LogP contribution is -2.50. The summed E-state index contributed by atoms with van der Waals surface area (Å²) in [6, 6.07) is 7.66. The van der Waals surface area contributed by atoms with E-state index < -0.39 is 0 Å². The van der Waals surface area contributed by atoms with Crippen molar-refractivity contribution in [3.63, 3.8) is 0 Å². The Morgan fingerprint density at radius 3 is 2.90 bits per heavy atom. The Hall–Kier alpha value is -1.10. The third-order valence-corrected chi connectivity index (χ3v) is 4.09. The molecule has 0 saturated carbocycles. The van der Waals surface area contributed by atoms with E-state index in [1.807, 2.05) is 43.0 Å². The molecule has 4 nitrogen and oxygen atoms in total. The summed E-state index contributed by atoms with van der Waals surface area (Å²) >= 11 is 6.21. The highest BCUT2D eigenvalue weighted by atomic mass is 35.5. The molecule has 1 heterocycles. The molecule has 1 saturated heterocycles. The molecule has 110 valence electrons. The molecular formula is C15H21ClN2O2. The minimum Gasteiger partial charge on any atom is -0.369 e. The van der Waals surface area contributed by atoms with Crippen molar-refractivity contribution in [2.75, 3.05) is 19.7 Å². The number of carbonyl (C=O) groups is 1. The van der Waals surface area contributed by atoms with Crippen molar-refractivity contribution in [3.05, 3.63) is 34.9 Å². The van der Waals surface area contributed by atoms with Gasteiger partial charge in [-0.15, -0.1) is 0 Å². The standard InChI is InChI=1S/C15H21ClN2O2/c1-10(7-17)15(19)18-8-14(20-9-11(18)2)12-5-3-4-6-13(12)16/h3-6,10-11,14H,7-9,17H2,1-2H3. The van der Waals surface area contributed by atoms with Gasteiger partial charge in [0.1, 0.15) is 6.10 Å². The largest absolute Gasteiger partial charge is 0.369 e. The number of ether oxygens (including phenoxy) is 1. The monoisotopic (exact) mass is 296 g/mol. The number of rotatable bonds is 3. The maximum absolute atomic E-state index is 12.4. The second kappa shape index (κ2) is 6.57. The normalized spacial score (nSPS) is 24.5. The SMILES string of the molecule is CC(CN)C(=O)N1CC(c2ccccc2Cl)OCC1C. The van der Waals surface area contributed by atoms with Gasteiger partial charge in [-0.1, -0.05) is 36.7 Å². The Labute approximate surface area is 124 Å². The minimum absolute atomic E-state index is 0.0650. The van der Waals surface area contributed by atoms with Gasteiger partial charge >= 0.3 is 0 Å². The number of hydrogen-bond acceptors (Lipinski definition) is 3. The van der Waals surface area contributed by atoms with Crippen molar-refractivity contribution in [2.24, 2.45) is 11.7 Å². The molecule has 1 aliphatic rings. The van der Waals surface area contributed by atoms with Gasteiger partial charge in [-0.05, 0) is 13.0 Å². The Balaban J connectivity index is 2.16. The zero-order valence-corrected chi connectivity index (χ0v) is 12.6. The first-order valence-corrected chi connectivity index (χ1v) is 7.29.